The van der Waals surface area contributed by atoms with Crippen LogP contribution in [0, 0.1) is 0 Å². The quantitative estimate of drug-likeness (QED) is 0.149. The predicted octanol–water partition coefficient (Wildman–Crippen LogP) is -2.54. The third-order valence-electron chi connectivity index (χ3n) is 6.77. The summed E-state index contributed by atoms with van der Waals surface area (Å²) in [6, 6.07) is 3.06. The molecule has 2 fully saturated rings. The van der Waals surface area contributed by atoms with Crippen molar-refractivity contribution in [2.24, 2.45) is 0 Å². The highest BCUT2D eigenvalue weighted by Crippen LogP contribution is 2.40. The minimum atomic E-state index is -1.84. The first-order valence-electron chi connectivity index (χ1n) is 12.1. The van der Waals surface area contributed by atoms with Gasteiger partial charge in [0.15, 0.2) is 12.4 Å². The molecule has 3 heterocycles. The molecule has 0 aliphatic carbocycles. The third kappa shape index (κ3) is 5.83. The molecule has 2 aliphatic rings. The molecule has 0 unspecified atom stereocenters. The first-order valence-corrected chi connectivity index (χ1v) is 12.1. The molecule has 218 valence electrons. The first kappa shape index (κ1) is 29.4. The summed E-state index contributed by atoms with van der Waals surface area (Å²) in [5, 5.41) is 80.9. The zero-order valence-corrected chi connectivity index (χ0v) is 20.8. The van der Waals surface area contributed by atoms with Gasteiger partial charge in [0, 0.05) is 18.1 Å². The summed E-state index contributed by atoms with van der Waals surface area (Å²) in [5.41, 5.74) is 0.618. The first-order chi connectivity index (χ1) is 18.6. The molecular weight excluding hydrogens is 528 g/mol. The van der Waals surface area contributed by atoms with E-state index in [1.54, 1.807) is 6.07 Å². The van der Waals surface area contributed by atoms with Gasteiger partial charge in [-0.2, -0.15) is 0 Å². The molecule has 1 aromatic heterocycles. The third-order valence-corrected chi connectivity index (χ3v) is 6.77. The molecule has 4 rings (SSSR count). The van der Waals surface area contributed by atoms with Crippen LogP contribution in [0.1, 0.15) is 12.0 Å². The van der Waals surface area contributed by atoms with E-state index in [-0.39, 0.29) is 24.3 Å². The average molecular weight is 561 g/mol. The Morgan fingerprint density at radius 2 is 1.56 bits per heavy atom. The average Bonchev–Trinajstić information content (AvgIpc) is 3.39. The Morgan fingerprint density at radius 3 is 2.18 bits per heavy atom. The highest BCUT2D eigenvalue weighted by atomic mass is 16.8. The number of methoxy groups -OCH3 is 1. The van der Waals surface area contributed by atoms with Crippen molar-refractivity contribution >= 4 is 16.9 Å². The van der Waals surface area contributed by atoms with Crippen LogP contribution in [-0.2, 0) is 25.4 Å². The maximum absolute atomic E-state index is 11.3. The van der Waals surface area contributed by atoms with Gasteiger partial charge in [0.05, 0.1) is 32.0 Å². The van der Waals surface area contributed by atoms with E-state index in [1.807, 2.05) is 0 Å². The smallest absolute Gasteiger partial charge is 0.303 e. The van der Waals surface area contributed by atoms with E-state index in [9.17, 15) is 45.6 Å². The van der Waals surface area contributed by atoms with Crippen LogP contribution in [0.25, 0.3) is 11.0 Å². The van der Waals surface area contributed by atoms with Crippen molar-refractivity contribution in [2.75, 3.05) is 20.3 Å². The summed E-state index contributed by atoms with van der Waals surface area (Å²) in [6.45, 7) is -1.46. The summed E-state index contributed by atoms with van der Waals surface area (Å²) in [6.07, 6.45) is -15.3. The van der Waals surface area contributed by atoms with Crippen LogP contribution in [-0.4, -0.2) is 129 Å². The van der Waals surface area contributed by atoms with Gasteiger partial charge in [0.1, 0.15) is 59.8 Å². The monoisotopic (exact) mass is 560 g/mol. The molecule has 0 radical (unpaired) electrons. The number of carbonyl (C=O) groups is 1. The zero-order chi connectivity index (χ0) is 28.4. The molecule has 39 heavy (non-hydrogen) atoms. The highest BCUT2D eigenvalue weighted by molar-refractivity contribution is 5.88. The van der Waals surface area contributed by atoms with Gasteiger partial charge in [-0.1, -0.05) is 0 Å². The molecule has 0 saturated carbocycles. The van der Waals surface area contributed by atoms with Crippen LogP contribution in [0.5, 0.6) is 11.5 Å². The fraction of sp³-hybridized carbons (Fsp3) is 0.625. The number of hydrogen-bond acceptors (Lipinski definition) is 14. The Labute approximate surface area is 221 Å². The normalized spacial score (nSPS) is 35.2. The number of furan rings is 1. The fourth-order valence-corrected chi connectivity index (χ4v) is 4.66. The molecular formula is C24H32O15. The minimum Gasteiger partial charge on any atom is -0.496 e. The second-order valence-corrected chi connectivity index (χ2v) is 9.24. The Morgan fingerprint density at radius 1 is 0.923 bits per heavy atom. The van der Waals surface area contributed by atoms with Crippen molar-refractivity contribution in [1.82, 2.24) is 0 Å². The van der Waals surface area contributed by atoms with E-state index in [4.69, 9.17) is 28.1 Å². The number of aliphatic carboxylic acids is 1. The van der Waals surface area contributed by atoms with Crippen molar-refractivity contribution in [1.29, 1.82) is 0 Å². The number of carboxylic acids is 1. The van der Waals surface area contributed by atoms with Gasteiger partial charge < -0.3 is 69.0 Å². The van der Waals surface area contributed by atoms with Gasteiger partial charge in [-0.3, -0.25) is 4.79 Å². The summed E-state index contributed by atoms with van der Waals surface area (Å²) < 4.78 is 33.7. The van der Waals surface area contributed by atoms with Crippen LogP contribution in [0.4, 0.5) is 0 Å². The fourth-order valence-electron chi connectivity index (χ4n) is 4.66. The highest BCUT2D eigenvalue weighted by Gasteiger charge is 2.51. The van der Waals surface area contributed by atoms with Crippen molar-refractivity contribution < 1.29 is 73.7 Å². The van der Waals surface area contributed by atoms with Crippen molar-refractivity contribution in [3.8, 4) is 11.5 Å². The Hall–Kier alpha value is -2.57. The Bertz CT molecular complexity index is 1120. The zero-order valence-electron chi connectivity index (χ0n) is 20.8. The maximum Gasteiger partial charge on any atom is 0.303 e. The minimum absolute atomic E-state index is 0.0169. The summed E-state index contributed by atoms with van der Waals surface area (Å²) in [4.78, 5) is 11.3. The summed E-state index contributed by atoms with van der Waals surface area (Å²) >= 11 is 0. The van der Waals surface area contributed by atoms with Gasteiger partial charge >= 0.3 is 5.97 Å². The predicted molar refractivity (Wildman–Crippen MR) is 126 cm³/mol. The van der Waals surface area contributed by atoms with Crippen LogP contribution in [0.2, 0.25) is 0 Å². The number of fused-ring (bicyclic) bond motifs is 1. The maximum atomic E-state index is 11.3. The number of aliphatic hydroxyl groups is 7. The molecule has 2 saturated heterocycles. The van der Waals surface area contributed by atoms with Gasteiger partial charge in [0.2, 0.25) is 6.29 Å². The number of rotatable bonds is 10. The number of carboxylic acid groups (broad SMARTS) is 1. The van der Waals surface area contributed by atoms with Crippen LogP contribution in [0.3, 0.4) is 0 Å². The Balaban J connectivity index is 1.70. The number of benzene rings is 1. The van der Waals surface area contributed by atoms with E-state index < -0.39 is 80.6 Å². The molecule has 0 bridgehead atoms. The Kier molecular flexibility index (Phi) is 9.28. The van der Waals surface area contributed by atoms with Crippen molar-refractivity contribution in [3.63, 3.8) is 0 Å². The van der Waals surface area contributed by atoms with Crippen LogP contribution in [0.15, 0.2) is 22.8 Å². The number of aliphatic hydroxyl groups excluding tert-OH is 7. The van der Waals surface area contributed by atoms with Gasteiger partial charge in [-0.15, -0.1) is 0 Å². The van der Waals surface area contributed by atoms with Crippen molar-refractivity contribution in [2.45, 2.75) is 74.3 Å². The van der Waals surface area contributed by atoms with E-state index in [1.165, 1.54) is 19.4 Å². The molecule has 0 amide bonds. The van der Waals surface area contributed by atoms with E-state index in [2.05, 4.69) is 0 Å². The topological polar surface area (TPSA) is 238 Å². The molecule has 2 aromatic rings. The van der Waals surface area contributed by atoms with Crippen LogP contribution >= 0.6 is 0 Å². The summed E-state index contributed by atoms with van der Waals surface area (Å²) in [7, 11) is 1.37. The summed E-state index contributed by atoms with van der Waals surface area (Å²) in [5.74, 6) is -0.811. The molecule has 1 aromatic carbocycles. The molecule has 0 spiro atoms. The standard InChI is InChI=1S/C24H32O15/c1-34-21-9(2-3-15(27)28)12(6-11-10(21)4-5-35-11)36-24-22(19(32)17(30)14(8-26)38-24)39-23-20(33)18(31)16(29)13(7-25)37-23/h4-6,13-14,16-20,22-26,29-33H,2-3,7-8H2,1H3,(H,27,28)/t13-,14-,16-,17-,18+,19+,20-,22-,23+,24-/m1/s1. The van der Waals surface area contributed by atoms with E-state index in [0.717, 1.165) is 0 Å². The van der Waals surface area contributed by atoms with Crippen molar-refractivity contribution in [3.05, 3.63) is 24.0 Å². The lowest BCUT2D eigenvalue weighted by molar-refractivity contribution is -0.357. The second kappa shape index (κ2) is 12.3. The van der Waals surface area contributed by atoms with E-state index in [0.29, 0.717) is 16.5 Å². The second-order valence-electron chi connectivity index (χ2n) is 9.24. The lowest BCUT2D eigenvalue weighted by Gasteiger charge is -2.45. The lowest BCUT2D eigenvalue weighted by Crippen LogP contribution is -2.65. The molecule has 10 atom stereocenters. The van der Waals surface area contributed by atoms with Gasteiger partial charge in [0.25, 0.3) is 0 Å². The lowest BCUT2D eigenvalue weighted by atomic mass is 9.97. The number of hydrogen-bond donors (Lipinski definition) is 8. The molecule has 15 nitrogen and oxygen atoms in total. The molecule has 15 heteroatoms. The molecule has 8 N–H and O–H groups in total. The SMILES string of the molecule is COc1c(CCC(=O)O)c(O[C@@H]2O[C@H](CO)[C@@H](O)[C@H](O)[C@H]2O[C@@H]2O[C@H](CO)[C@@H](O)[C@H](O)[C@H]2O)cc2occc12. The molecule has 2 aliphatic heterocycles. The van der Waals surface area contributed by atoms with Gasteiger partial charge in [-0.25, -0.2) is 0 Å². The number of ether oxygens (including phenoxy) is 5. The van der Waals surface area contributed by atoms with Crippen LogP contribution < -0.4 is 9.47 Å². The largest absolute Gasteiger partial charge is 0.496 e. The van der Waals surface area contributed by atoms with E-state index >= 15 is 0 Å². The van der Waals surface area contributed by atoms with Gasteiger partial charge in [-0.05, 0) is 12.5 Å².